The molecule has 0 bridgehead atoms. The van der Waals surface area contributed by atoms with Crippen molar-refractivity contribution in [2.24, 2.45) is 0 Å². The van der Waals surface area contributed by atoms with Crippen LogP contribution in [-0.4, -0.2) is 27.0 Å². The molecule has 4 nitrogen and oxygen atoms in total. The Kier molecular flexibility index (Phi) is 3.96. The van der Waals surface area contributed by atoms with Crippen LogP contribution >= 0.6 is 0 Å². The van der Waals surface area contributed by atoms with E-state index < -0.39 is 9.84 Å². The summed E-state index contributed by atoms with van der Waals surface area (Å²) >= 11 is 0. The molecule has 15 heavy (non-hydrogen) atoms. The predicted octanol–water partition coefficient (Wildman–Crippen LogP) is 1.12. The van der Waals surface area contributed by atoms with Gasteiger partial charge in [-0.15, -0.1) is 0 Å². The monoisotopic (exact) mass is 228 g/mol. The molecule has 0 amide bonds. The minimum absolute atomic E-state index is 0.217. The zero-order valence-corrected chi connectivity index (χ0v) is 9.55. The highest BCUT2D eigenvalue weighted by Gasteiger charge is 2.00. The lowest BCUT2D eigenvalue weighted by molar-refractivity contribution is 0.600. The van der Waals surface area contributed by atoms with E-state index in [1.54, 1.807) is 12.1 Å². The molecular weight excluding hydrogens is 212 g/mol. The molecule has 0 saturated heterocycles. The quantitative estimate of drug-likeness (QED) is 0.585. The van der Waals surface area contributed by atoms with Crippen LogP contribution in [0.4, 0.5) is 11.4 Å². The number of hydrogen-bond donors (Lipinski definition) is 2. The minimum Gasteiger partial charge on any atom is -0.399 e. The van der Waals surface area contributed by atoms with Gasteiger partial charge >= 0.3 is 0 Å². The van der Waals surface area contributed by atoms with E-state index in [4.69, 9.17) is 5.73 Å². The van der Waals surface area contributed by atoms with Crippen molar-refractivity contribution < 1.29 is 8.42 Å². The number of benzene rings is 1. The highest BCUT2D eigenvalue weighted by Crippen LogP contribution is 2.10. The van der Waals surface area contributed by atoms with Gasteiger partial charge in [-0.05, 0) is 30.7 Å². The minimum atomic E-state index is -2.85. The summed E-state index contributed by atoms with van der Waals surface area (Å²) in [4.78, 5) is 0. The molecule has 1 aromatic carbocycles. The summed E-state index contributed by atoms with van der Waals surface area (Å²) < 4.78 is 21.7. The van der Waals surface area contributed by atoms with Gasteiger partial charge in [0.25, 0.3) is 0 Å². The number of rotatable bonds is 5. The molecule has 0 aliphatic carbocycles. The molecule has 0 atom stereocenters. The Bertz CT molecular complexity index is 398. The standard InChI is InChI=1S/C10H16N2O2S/c1-15(13,14)8-2-7-12-10-5-3-9(11)4-6-10/h3-6,12H,2,7-8,11H2,1H3. The number of nitrogens with two attached hydrogens (primary N) is 1. The maximum Gasteiger partial charge on any atom is 0.147 e. The first kappa shape index (κ1) is 11.8. The van der Waals surface area contributed by atoms with Crippen LogP contribution in [0.3, 0.4) is 0 Å². The van der Waals surface area contributed by atoms with Crippen LogP contribution in [0.1, 0.15) is 6.42 Å². The van der Waals surface area contributed by atoms with Gasteiger partial charge in [0.1, 0.15) is 9.84 Å². The second-order valence-corrected chi connectivity index (χ2v) is 5.79. The lowest BCUT2D eigenvalue weighted by atomic mass is 10.3. The van der Waals surface area contributed by atoms with E-state index in [2.05, 4.69) is 5.32 Å². The van der Waals surface area contributed by atoms with Crippen molar-refractivity contribution in [3.63, 3.8) is 0 Å². The molecule has 0 aromatic heterocycles. The van der Waals surface area contributed by atoms with Gasteiger partial charge in [0, 0.05) is 24.2 Å². The van der Waals surface area contributed by atoms with E-state index in [1.807, 2.05) is 12.1 Å². The number of nitrogens with one attached hydrogen (secondary N) is 1. The van der Waals surface area contributed by atoms with Crippen LogP contribution in [0.2, 0.25) is 0 Å². The number of nitrogen functional groups attached to an aromatic ring is 1. The number of hydrogen-bond acceptors (Lipinski definition) is 4. The Balaban J connectivity index is 2.29. The zero-order chi connectivity index (χ0) is 11.3. The van der Waals surface area contributed by atoms with Crippen LogP contribution in [0.15, 0.2) is 24.3 Å². The summed E-state index contributed by atoms with van der Waals surface area (Å²) in [6.07, 6.45) is 1.86. The fraction of sp³-hybridized carbons (Fsp3) is 0.400. The van der Waals surface area contributed by atoms with Crippen LogP contribution in [0, 0.1) is 0 Å². The van der Waals surface area contributed by atoms with Gasteiger partial charge in [-0.1, -0.05) is 0 Å². The smallest absolute Gasteiger partial charge is 0.147 e. The Hall–Kier alpha value is -1.23. The molecule has 5 heteroatoms. The molecule has 0 spiro atoms. The molecule has 0 heterocycles. The van der Waals surface area contributed by atoms with Crippen molar-refractivity contribution >= 4 is 21.2 Å². The van der Waals surface area contributed by atoms with Crippen LogP contribution in [-0.2, 0) is 9.84 Å². The van der Waals surface area contributed by atoms with Crippen LogP contribution in [0.25, 0.3) is 0 Å². The van der Waals surface area contributed by atoms with Gasteiger partial charge in [0.05, 0.1) is 5.75 Å². The fourth-order valence-electron chi connectivity index (χ4n) is 1.17. The first-order valence-electron chi connectivity index (χ1n) is 4.74. The summed E-state index contributed by atoms with van der Waals surface area (Å²) in [6.45, 7) is 0.650. The Morgan fingerprint density at radius 2 is 1.87 bits per heavy atom. The molecule has 0 fully saturated rings. The van der Waals surface area contributed by atoms with E-state index in [-0.39, 0.29) is 5.75 Å². The first-order chi connectivity index (χ1) is 6.97. The predicted molar refractivity (Wildman–Crippen MR) is 63.7 cm³/mol. The zero-order valence-electron chi connectivity index (χ0n) is 8.73. The average Bonchev–Trinajstić information content (AvgIpc) is 2.14. The van der Waals surface area contributed by atoms with E-state index in [1.165, 1.54) is 6.26 Å². The number of sulfone groups is 1. The van der Waals surface area contributed by atoms with Gasteiger partial charge in [-0.25, -0.2) is 8.42 Å². The molecule has 0 saturated carbocycles. The van der Waals surface area contributed by atoms with Gasteiger partial charge in [-0.3, -0.25) is 0 Å². The Morgan fingerprint density at radius 1 is 1.27 bits per heavy atom. The Labute approximate surface area is 90.4 Å². The molecule has 1 rings (SSSR count). The fourth-order valence-corrected chi connectivity index (χ4v) is 1.84. The molecule has 0 unspecified atom stereocenters. The molecule has 0 aliphatic heterocycles. The second-order valence-electron chi connectivity index (χ2n) is 3.53. The largest absolute Gasteiger partial charge is 0.399 e. The van der Waals surface area contributed by atoms with Crippen molar-refractivity contribution in [1.29, 1.82) is 0 Å². The summed E-state index contributed by atoms with van der Waals surface area (Å²) in [5.74, 6) is 0.217. The molecule has 84 valence electrons. The van der Waals surface area contributed by atoms with E-state index in [0.29, 0.717) is 13.0 Å². The van der Waals surface area contributed by atoms with Crippen LogP contribution in [0.5, 0.6) is 0 Å². The maximum atomic E-state index is 10.8. The number of anilines is 2. The second kappa shape index (κ2) is 5.02. The molecule has 3 N–H and O–H groups in total. The molecule has 0 radical (unpaired) electrons. The SMILES string of the molecule is CS(=O)(=O)CCCNc1ccc(N)cc1. The van der Waals surface area contributed by atoms with Gasteiger partial charge < -0.3 is 11.1 Å². The van der Waals surface area contributed by atoms with Crippen molar-refractivity contribution in [2.75, 3.05) is 29.6 Å². The van der Waals surface area contributed by atoms with Gasteiger partial charge in [-0.2, -0.15) is 0 Å². The highest BCUT2D eigenvalue weighted by atomic mass is 32.2. The average molecular weight is 228 g/mol. The van der Waals surface area contributed by atoms with Gasteiger partial charge in [0.2, 0.25) is 0 Å². The van der Waals surface area contributed by atoms with Crippen molar-refractivity contribution in [3.8, 4) is 0 Å². The summed E-state index contributed by atoms with van der Waals surface area (Å²) in [6, 6.07) is 7.35. The highest BCUT2D eigenvalue weighted by molar-refractivity contribution is 7.90. The lowest BCUT2D eigenvalue weighted by Crippen LogP contribution is -2.09. The third kappa shape index (κ3) is 5.27. The summed E-state index contributed by atoms with van der Waals surface area (Å²) in [7, 11) is -2.85. The van der Waals surface area contributed by atoms with Crippen molar-refractivity contribution in [1.82, 2.24) is 0 Å². The van der Waals surface area contributed by atoms with Gasteiger partial charge in [0.15, 0.2) is 0 Å². The normalized spacial score (nSPS) is 11.3. The third-order valence-corrected chi connectivity index (χ3v) is 2.96. The van der Waals surface area contributed by atoms with Crippen LogP contribution < -0.4 is 11.1 Å². The van der Waals surface area contributed by atoms with E-state index in [0.717, 1.165) is 11.4 Å². The Morgan fingerprint density at radius 3 is 2.40 bits per heavy atom. The first-order valence-corrected chi connectivity index (χ1v) is 6.80. The molecular formula is C10H16N2O2S. The lowest BCUT2D eigenvalue weighted by Gasteiger charge is -2.05. The summed E-state index contributed by atoms with van der Waals surface area (Å²) in [5, 5.41) is 3.12. The maximum absolute atomic E-state index is 10.8. The molecule has 1 aromatic rings. The molecule has 0 aliphatic rings. The van der Waals surface area contributed by atoms with Crippen molar-refractivity contribution in [2.45, 2.75) is 6.42 Å². The topological polar surface area (TPSA) is 72.2 Å². The van der Waals surface area contributed by atoms with E-state index in [9.17, 15) is 8.42 Å². The van der Waals surface area contributed by atoms with Crippen molar-refractivity contribution in [3.05, 3.63) is 24.3 Å². The summed E-state index contributed by atoms with van der Waals surface area (Å²) in [5.41, 5.74) is 7.21. The van der Waals surface area contributed by atoms with E-state index >= 15 is 0 Å². The third-order valence-electron chi connectivity index (χ3n) is 1.93.